The molecule has 0 saturated carbocycles. The molecule has 1 atom stereocenters. The van der Waals surface area contributed by atoms with Crippen molar-refractivity contribution in [2.24, 2.45) is 0 Å². The number of hydrogen-bond acceptors (Lipinski definition) is 5. The Kier molecular flexibility index (Phi) is 4.97. The summed E-state index contributed by atoms with van der Waals surface area (Å²) in [6.07, 6.45) is 7.06. The minimum atomic E-state index is -1.09. The molecule has 1 saturated heterocycles. The van der Waals surface area contributed by atoms with Gasteiger partial charge in [-0.05, 0) is 6.07 Å². The fourth-order valence-corrected chi connectivity index (χ4v) is 4.01. The van der Waals surface area contributed by atoms with Gasteiger partial charge in [0.25, 0.3) is 0 Å². The van der Waals surface area contributed by atoms with Crippen LogP contribution < -0.4 is 10.6 Å². The first-order valence-electron chi connectivity index (χ1n) is 8.19. The molecule has 0 aromatic carbocycles. The second-order valence-corrected chi connectivity index (χ2v) is 7.72. The molecular formula is C16H23N7O2S. The van der Waals surface area contributed by atoms with Gasteiger partial charge in [0.15, 0.2) is 0 Å². The van der Waals surface area contributed by atoms with Crippen LogP contribution in [0, 0.1) is 5.41 Å². The van der Waals surface area contributed by atoms with Gasteiger partial charge < -0.3 is 15.6 Å². The molecule has 0 spiro atoms. The van der Waals surface area contributed by atoms with Crippen molar-refractivity contribution in [1.82, 2.24) is 24.4 Å². The molecule has 0 aliphatic carbocycles. The van der Waals surface area contributed by atoms with E-state index in [1.807, 2.05) is 6.07 Å². The smallest absolute Gasteiger partial charge is 0.222 e. The van der Waals surface area contributed by atoms with E-state index < -0.39 is 16.5 Å². The monoisotopic (exact) mass is 377 g/mol. The number of H-pyrrole nitrogens is 1. The Labute approximate surface area is 154 Å². The Balaban J connectivity index is 1.87. The molecule has 2 aromatic rings. The predicted molar refractivity (Wildman–Crippen MR) is 101 cm³/mol. The Morgan fingerprint density at radius 1 is 1.46 bits per heavy atom. The van der Waals surface area contributed by atoms with Crippen LogP contribution in [-0.4, -0.2) is 68.3 Å². The summed E-state index contributed by atoms with van der Waals surface area (Å²) >= 11 is 0. The van der Waals surface area contributed by atoms with E-state index >= 15 is 0 Å². The lowest BCUT2D eigenvalue weighted by Gasteiger charge is -2.48. The van der Waals surface area contributed by atoms with Crippen molar-refractivity contribution in [3.63, 3.8) is 0 Å². The van der Waals surface area contributed by atoms with Crippen LogP contribution in [0.2, 0.25) is 0 Å². The molecule has 3 rings (SSSR count). The zero-order valence-electron chi connectivity index (χ0n) is 15.0. The quantitative estimate of drug-likeness (QED) is 0.512. The van der Waals surface area contributed by atoms with Crippen molar-refractivity contribution in [1.29, 1.82) is 5.41 Å². The number of anilines is 1. The maximum atomic E-state index is 12.0. The number of rotatable bonds is 7. The summed E-state index contributed by atoms with van der Waals surface area (Å²) in [4.78, 5) is 15.0. The van der Waals surface area contributed by atoms with Gasteiger partial charge >= 0.3 is 0 Å². The second kappa shape index (κ2) is 7.04. The van der Waals surface area contributed by atoms with Crippen molar-refractivity contribution in [2.45, 2.75) is 12.0 Å². The van der Waals surface area contributed by atoms with Gasteiger partial charge in [0.1, 0.15) is 5.82 Å². The van der Waals surface area contributed by atoms with Crippen LogP contribution >= 0.6 is 0 Å². The summed E-state index contributed by atoms with van der Waals surface area (Å²) in [5, 5.41) is 18.5. The summed E-state index contributed by atoms with van der Waals surface area (Å²) in [5.41, 5.74) is 1.20. The average Bonchev–Trinajstić information content (AvgIpc) is 3.25. The lowest BCUT2D eigenvalue weighted by atomic mass is 9.88. The summed E-state index contributed by atoms with van der Waals surface area (Å²) in [7, 11) is 2.30. The lowest BCUT2D eigenvalue weighted by molar-refractivity contribution is -0.124. The summed E-state index contributed by atoms with van der Waals surface area (Å²) < 4.78 is 15.2. The van der Waals surface area contributed by atoms with Crippen molar-refractivity contribution < 1.29 is 9.00 Å². The highest BCUT2D eigenvalue weighted by atomic mass is 32.2. The number of nitrogens with zero attached hydrogens (tertiary/aromatic N) is 3. The van der Waals surface area contributed by atoms with E-state index in [4.69, 9.17) is 5.41 Å². The molecule has 4 N–H and O–H groups in total. The maximum Gasteiger partial charge on any atom is 0.222 e. The zero-order valence-corrected chi connectivity index (χ0v) is 15.8. The van der Waals surface area contributed by atoms with Gasteiger partial charge in [0, 0.05) is 57.0 Å². The molecule has 3 heterocycles. The van der Waals surface area contributed by atoms with Gasteiger partial charge in [-0.25, -0.2) is 8.51 Å². The molecule has 2 aromatic heterocycles. The summed E-state index contributed by atoms with van der Waals surface area (Å²) in [6.45, 7) is 0.952. The predicted octanol–water partition coefficient (Wildman–Crippen LogP) is 0.110. The number of nitrogens with one attached hydrogen (secondary N) is 4. The van der Waals surface area contributed by atoms with Crippen molar-refractivity contribution in [3.05, 3.63) is 35.8 Å². The largest absolute Gasteiger partial charge is 0.374 e. The van der Waals surface area contributed by atoms with E-state index in [9.17, 15) is 9.00 Å². The number of aromatic nitrogens is 3. The molecule has 1 aliphatic heterocycles. The zero-order chi connectivity index (χ0) is 18.9. The molecule has 9 nitrogen and oxygen atoms in total. The number of amides is 1. The van der Waals surface area contributed by atoms with E-state index in [0.29, 0.717) is 24.4 Å². The highest BCUT2D eigenvalue weighted by Crippen LogP contribution is 2.33. The normalized spacial score (nSPS) is 17.3. The molecule has 0 bridgehead atoms. The standard InChI is InChI=1S/C16H23N7O2S/c1-18-13(24)6-16(9-22(10-16)26(3)25)23-8-11(7-21-23)14(17)12-4-5-20-15(12)19-2/h4-5,7-8,17,19-20H,6,9-10H2,1-3H3,(H,18,24). The van der Waals surface area contributed by atoms with Gasteiger partial charge in [-0.15, -0.1) is 0 Å². The third-order valence-electron chi connectivity index (χ3n) is 4.70. The first-order chi connectivity index (χ1) is 12.4. The Bertz CT molecular complexity index is 850. The highest BCUT2D eigenvalue weighted by molar-refractivity contribution is 7.81. The SMILES string of the molecule is CNC(=O)CC1(n2cc(C(=N)c3cc[nH]c3NC)cn2)CN(S(C)=O)C1. The topological polar surface area (TPSA) is 119 Å². The first-order valence-corrected chi connectivity index (χ1v) is 9.70. The third-order valence-corrected chi connectivity index (χ3v) is 5.68. The van der Waals surface area contributed by atoms with Crippen LogP contribution in [0.25, 0.3) is 0 Å². The van der Waals surface area contributed by atoms with Crippen LogP contribution in [0.3, 0.4) is 0 Å². The fraction of sp³-hybridized carbons (Fsp3) is 0.438. The van der Waals surface area contributed by atoms with Gasteiger partial charge in [0.05, 0.1) is 34.9 Å². The summed E-state index contributed by atoms with van der Waals surface area (Å²) in [6, 6.07) is 1.83. The van der Waals surface area contributed by atoms with Crippen LogP contribution in [0.1, 0.15) is 17.5 Å². The van der Waals surface area contributed by atoms with E-state index in [2.05, 4.69) is 20.7 Å². The number of hydrogen-bond donors (Lipinski definition) is 4. The average molecular weight is 377 g/mol. The van der Waals surface area contributed by atoms with Gasteiger partial charge in [-0.3, -0.25) is 14.9 Å². The Morgan fingerprint density at radius 3 is 2.81 bits per heavy atom. The van der Waals surface area contributed by atoms with E-state index in [-0.39, 0.29) is 12.3 Å². The van der Waals surface area contributed by atoms with Crippen LogP contribution in [0.5, 0.6) is 0 Å². The molecule has 10 heteroatoms. The minimum absolute atomic E-state index is 0.0956. The molecular weight excluding hydrogens is 354 g/mol. The van der Waals surface area contributed by atoms with Crippen LogP contribution in [-0.2, 0) is 21.3 Å². The van der Waals surface area contributed by atoms with Gasteiger partial charge in [-0.1, -0.05) is 0 Å². The fourth-order valence-electron chi connectivity index (χ4n) is 3.17. The van der Waals surface area contributed by atoms with Crippen molar-refractivity contribution >= 4 is 28.4 Å². The number of carbonyl (C=O) groups is 1. The molecule has 1 amide bonds. The minimum Gasteiger partial charge on any atom is -0.374 e. The van der Waals surface area contributed by atoms with Crippen molar-refractivity contribution in [2.75, 3.05) is 38.8 Å². The molecule has 1 aliphatic rings. The second-order valence-electron chi connectivity index (χ2n) is 6.36. The molecule has 1 fully saturated rings. The van der Waals surface area contributed by atoms with E-state index in [0.717, 1.165) is 11.4 Å². The Hall–Kier alpha value is -2.46. The van der Waals surface area contributed by atoms with E-state index in [1.165, 1.54) is 0 Å². The highest BCUT2D eigenvalue weighted by Gasteiger charge is 2.48. The first kappa shape index (κ1) is 18.3. The maximum absolute atomic E-state index is 12.0. The molecule has 26 heavy (non-hydrogen) atoms. The van der Waals surface area contributed by atoms with Crippen molar-refractivity contribution in [3.8, 4) is 0 Å². The number of aromatic amines is 1. The summed E-state index contributed by atoms with van der Waals surface area (Å²) in [5.74, 6) is 0.667. The molecule has 140 valence electrons. The number of carbonyl (C=O) groups excluding carboxylic acids is 1. The van der Waals surface area contributed by atoms with Gasteiger partial charge in [0.2, 0.25) is 5.91 Å². The third kappa shape index (κ3) is 3.17. The Morgan fingerprint density at radius 2 is 2.19 bits per heavy atom. The van der Waals surface area contributed by atoms with Gasteiger partial charge in [-0.2, -0.15) is 5.10 Å². The van der Waals surface area contributed by atoms with E-state index in [1.54, 1.807) is 47.9 Å². The lowest BCUT2D eigenvalue weighted by Crippen LogP contribution is -2.64. The van der Waals surface area contributed by atoms with Crippen LogP contribution in [0.15, 0.2) is 24.7 Å². The molecule has 1 unspecified atom stereocenters. The molecule has 0 radical (unpaired) electrons. The van der Waals surface area contributed by atoms with Crippen LogP contribution in [0.4, 0.5) is 5.82 Å².